The number of aryl methyl sites for hydroxylation is 1. The maximum Gasteiger partial charge on any atom is 0.307 e. The van der Waals surface area contributed by atoms with Crippen LogP contribution < -0.4 is 5.32 Å². The van der Waals surface area contributed by atoms with Crippen molar-refractivity contribution in [2.75, 3.05) is 0 Å². The van der Waals surface area contributed by atoms with Crippen molar-refractivity contribution in [3.05, 3.63) is 59.2 Å². The van der Waals surface area contributed by atoms with Crippen molar-refractivity contribution in [3.8, 4) is 0 Å². The topological polar surface area (TPSA) is 92.2 Å². The number of carboxylic acid groups (broad SMARTS) is 1. The first-order valence-corrected chi connectivity index (χ1v) is 7.94. The van der Waals surface area contributed by atoms with Gasteiger partial charge in [0.2, 0.25) is 0 Å². The molecule has 1 aliphatic carbocycles. The molecule has 24 heavy (non-hydrogen) atoms. The predicted octanol–water partition coefficient (Wildman–Crippen LogP) is 2.29. The summed E-state index contributed by atoms with van der Waals surface area (Å²) in [6.45, 7) is 1.90. The van der Waals surface area contributed by atoms with Crippen LogP contribution in [0.15, 0.2) is 36.5 Å². The van der Waals surface area contributed by atoms with Gasteiger partial charge in [0.05, 0.1) is 12.5 Å². The van der Waals surface area contributed by atoms with Crippen molar-refractivity contribution in [1.82, 2.24) is 15.3 Å². The van der Waals surface area contributed by atoms with Gasteiger partial charge in [-0.05, 0) is 49.4 Å². The molecule has 0 bridgehead atoms. The van der Waals surface area contributed by atoms with E-state index in [-0.39, 0.29) is 18.4 Å². The highest BCUT2D eigenvalue weighted by atomic mass is 16.4. The number of hydrogen-bond donors (Lipinski definition) is 2. The Kier molecular flexibility index (Phi) is 4.55. The Bertz CT molecular complexity index is 754. The number of carboxylic acids is 1. The number of amides is 1. The minimum absolute atomic E-state index is 0.0519. The molecule has 1 aromatic heterocycles. The summed E-state index contributed by atoms with van der Waals surface area (Å²) in [6, 6.07) is 8.27. The second-order valence-corrected chi connectivity index (χ2v) is 6.11. The highest BCUT2D eigenvalue weighted by molar-refractivity contribution is 5.94. The molecule has 1 aliphatic rings. The molecule has 0 aliphatic heterocycles. The van der Waals surface area contributed by atoms with Crippen molar-refractivity contribution >= 4 is 11.9 Å². The Balaban J connectivity index is 1.73. The lowest BCUT2D eigenvalue weighted by atomic mass is 10.1. The molecule has 6 heteroatoms. The molecule has 2 N–H and O–H groups in total. The zero-order valence-electron chi connectivity index (χ0n) is 13.4. The quantitative estimate of drug-likeness (QED) is 0.850. The maximum absolute atomic E-state index is 12.5. The summed E-state index contributed by atoms with van der Waals surface area (Å²) in [7, 11) is 0. The molecule has 6 nitrogen and oxygen atoms in total. The van der Waals surface area contributed by atoms with Gasteiger partial charge in [0, 0.05) is 17.5 Å². The SMILES string of the molecule is Cc1ccnc(C(NC(=O)c2ccc(CC(=O)O)cc2)C2CC2)n1. The second kappa shape index (κ2) is 6.78. The highest BCUT2D eigenvalue weighted by Crippen LogP contribution is 2.40. The molecule has 0 radical (unpaired) electrons. The van der Waals surface area contributed by atoms with Gasteiger partial charge in [0.25, 0.3) is 5.91 Å². The fraction of sp³-hybridized carbons (Fsp3) is 0.333. The number of aliphatic carboxylic acids is 1. The Morgan fingerprint density at radius 2 is 1.96 bits per heavy atom. The fourth-order valence-electron chi connectivity index (χ4n) is 2.61. The third kappa shape index (κ3) is 3.95. The van der Waals surface area contributed by atoms with Crippen LogP contribution >= 0.6 is 0 Å². The lowest BCUT2D eigenvalue weighted by Gasteiger charge is -2.17. The van der Waals surface area contributed by atoms with Crippen LogP contribution in [0.3, 0.4) is 0 Å². The zero-order valence-corrected chi connectivity index (χ0v) is 13.4. The molecular weight excluding hydrogens is 306 g/mol. The minimum Gasteiger partial charge on any atom is -0.481 e. The first kappa shape index (κ1) is 16.1. The van der Waals surface area contributed by atoms with Crippen LogP contribution in [0.5, 0.6) is 0 Å². The monoisotopic (exact) mass is 325 g/mol. The Labute approximate surface area is 140 Å². The number of carbonyl (C=O) groups is 2. The number of aromatic nitrogens is 2. The average molecular weight is 325 g/mol. The predicted molar refractivity (Wildman–Crippen MR) is 87.5 cm³/mol. The Morgan fingerprint density at radius 1 is 1.25 bits per heavy atom. The van der Waals surface area contributed by atoms with Crippen molar-refractivity contribution in [2.45, 2.75) is 32.2 Å². The molecule has 1 saturated carbocycles. The van der Waals surface area contributed by atoms with Gasteiger partial charge in [-0.25, -0.2) is 9.97 Å². The van der Waals surface area contributed by atoms with Gasteiger partial charge < -0.3 is 10.4 Å². The van der Waals surface area contributed by atoms with E-state index in [1.165, 1.54) is 0 Å². The standard InChI is InChI=1S/C18H19N3O3/c1-11-8-9-19-17(20-11)16(13-6-7-13)21-18(24)14-4-2-12(3-5-14)10-15(22)23/h2-5,8-9,13,16H,6-7,10H2,1H3,(H,21,24)(H,22,23). The van der Waals surface area contributed by atoms with Crippen LogP contribution in [0.25, 0.3) is 0 Å². The molecule has 124 valence electrons. The van der Waals surface area contributed by atoms with Crippen LogP contribution in [0.4, 0.5) is 0 Å². The van der Waals surface area contributed by atoms with E-state index in [1.54, 1.807) is 30.5 Å². The summed E-state index contributed by atoms with van der Waals surface area (Å²) >= 11 is 0. The van der Waals surface area contributed by atoms with Crippen molar-refractivity contribution in [1.29, 1.82) is 0 Å². The van der Waals surface area contributed by atoms with Gasteiger partial charge >= 0.3 is 5.97 Å². The minimum atomic E-state index is -0.891. The molecule has 0 spiro atoms. The number of nitrogens with one attached hydrogen (secondary N) is 1. The number of benzene rings is 1. The third-order valence-electron chi connectivity index (χ3n) is 4.04. The van der Waals surface area contributed by atoms with Crippen LogP contribution in [0.1, 0.15) is 46.3 Å². The normalized spacial score (nSPS) is 14.9. The summed E-state index contributed by atoms with van der Waals surface area (Å²) in [6.07, 6.45) is 3.77. The summed E-state index contributed by atoms with van der Waals surface area (Å²) in [4.78, 5) is 31.9. The number of nitrogens with zero attached hydrogens (tertiary/aromatic N) is 2. The maximum atomic E-state index is 12.5. The summed E-state index contributed by atoms with van der Waals surface area (Å²) < 4.78 is 0. The molecule has 3 rings (SSSR count). The van der Waals surface area contributed by atoms with E-state index in [0.717, 1.165) is 18.5 Å². The third-order valence-corrected chi connectivity index (χ3v) is 4.04. The number of rotatable bonds is 6. The Morgan fingerprint density at radius 3 is 2.54 bits per heavy atom. The van der Waals surface area contributed by atoms with E-state index in [4.69, 9.17) is 5.11 Å². The summed E-state index contributed by atoms with van der Waals surface area (Å²) in [5, 5.41) is 11.8. The van der Waals surface area contributed by atoms with Crippen LogP contribution in [0.2, 0.25) is 0 Å². The Hall–Kier alpha value is -2.76. The van der Waals surface area contributed by atoms with Crippen LogP contribution in [0, 0.1) is 12.8 Å². The van der Waals surface area contributed by atoms with Crippen molar-refractivity contribution in [2.24, 2.45) is 5.92 Å². The highest BCUT2D eigenvalue weighted by Gasteiger charge is 2.35. The van der Waals surface area contributed by atoms with Crippen molar-refractivity contribution < 1.29 is 14.7 Å². The molecule has 1 amide bonds. The molecule has 1 aromatic carbocycles. The van der Waals surface area contributed by atoms with E-state index < -0.39 is 5.97 Å². The molecule has 2 aromatic rings. The molecule has 1 fully saturated rings. The first-order valence-electron chi connectivity index (χ1n) is 7.94. The lowest BCUT2D eigenvalue weighted by Crippen LogP contribution is -2.31. The van der Waals surface area contributed by atoms with E-state index in [2.05, 4.69) is 15.3 Å². The van der Waals surface area contributed by atoms with Gasteiger partial charge in [-0.2, -0.15) is 0 Å². The lowest BCUT2D eigenvalue weighted by molar-refractivity contribution is -0.136. The molecular formula is C18H19N3O3. The van der Waals surface area contributed by atoms with E-state index in [0.29, 0.717) is 22.9 Å². The molecule has 1 atom stereocenters. The number of hydrogen-bond acceptors (Lipinski definition) is 4. The zero-order chi connectivity index (χ0) is 17.1. The fourth-order valence-corrected chi connectivity index (χ4v) is 2.61. The van der Waals surface area contributed by atoms with E-state index in [9.17, 15) is 9.59 Å². The number of carbonyl (C=O) groups excluding carboxylic acids is 1. The largest absolute Gasteiger partial charge is 0.481 e. The molecule has 1 unspecified atom stereocenters. The van der Waals surface area contributed by atoms with Crippen LogP contribution in [-0.2, 0) is 11.2 Å². The van der Waals surface area contributed by atoms with Gasteiger partial charge in [0.15, 0.2) is 5.82 Å². The average Bonchev–Trinajstić information content (AvgIpc) is 3.37. The van der Waals surface area contributed by atoms with Gasteiger partial charge in [-0.1, -0.05) is 12.1 Å². The first-order chi connectivity index (χ1) is 11.5. The summed E-state index contributed by atoms with van der Waals surface area (Å²) in [5.41, 5.74) is 2.04. The van der Waals surface area contributed by atoms with Crippen LogP contribution in [-0.4, -0.2) is 27.0 Å². The molecule has 1 heterocycles. The van der Waals surface area contributed by atoms with Gasteiger partial charge in [-0.15, -0.1) is 0 Å². The smallest absolute Gasteiger partial charge is 0.307 e. The molecule has 0 saturated heterocycles. The summed E-state index contributed by atoms with van der Waals surface area (Å²) in [5.74, 6) is -0.0631. The van der Waals surface area contributed by atoms with E-state index >= 15 is 0 Å². The van der Waals surface area contributed by atoms with Gasteiger partial charge in [0.1, 0.15) is 0 Å². The second-order valence-electron chi connectivity index (χ2n) is 6.11. The van der Waals surface area contributed by atoms with E-state index in [1.807, 2.05) is 13.0 Å². The van der Waals surface area contributed by atoms with Crippen molar-refractivity contribution in [3.63, 3.8) is 0 Å². The van der Waals surface area contributed by atoms with Gasteiger partial charge in [-0.3, -0.25) is 9.59 Å².